The highest BCUT2D eigenvalue weighted by atomic mass is 16.9. The molecule has 1 aromatic rings. The van der Waals surface area contributed by atoms with E-state index in [1.54, 1.807) is 14.0 Å². The fraction of sp³-hybridized carbons (Fsp3) is 0.600. The van der Waals surface area contributed by atoms with Crippen LogP contribution in [-0.2, 0) is 30.3 Å². The molecule has 2 aliphatic heterocycles. The Morgan fingerprint density at radius 2 is 2.05 bits per heavy atom. The van der Waals surface area contributed by atoms with Gasteiger partial charge in [0.1, 0.15) is 6.10 Å². The molecule has 5 nitrogen and oxygen atoms in total. The molecule has 0 spiro atoms. The Morgan fingerprint density at radius 1 is 1.25 bits per heavy atom. The van der Waals surface area contributed by atoms with Crippen LogP contribution in [0.15, 0.2) is 30.3 Å². The van der Waals surface area contributed by atoms with E-state index in [9.17, 15) is 0 Å². The van der Waals surface area contributed by atoms with Crippen molar-refractivity contribution in [1.82, 2.24) is 0 Å². The summed E-state index contributed by atoms with van der Waals surface area (Å²) in [6.07, 6.45) is 0.0646. The second-order valence-corrected chi connectivity index (χ2v) is 5.13. The Hall–Kier alpha value is -0.980. The van der Waals surface area contributed by atoms with Gasteiger partial charge in [-0.1, -0.05) is 30.3 Å². The van der Waals surface area contributed by atoms with Crippen LogP contribution >= 0.6 is 0 Å². The molecule has 0 aliphatic carbocycles. The maximum absolute atomic E-state index is 5.98. The Bertz CT molecular complexity index is 437. The van der Waals surface area contributed by atoms with Crippen molar-refractivity contribution in [2.24, 2.45) is 0 Å². The maximum atomic E-state index is 5.98. The molecule has 110 valence electrons. The number of benzene rings is 1. The molecule has 5 heteroatoms. The van der Waals surface area contributed by atoms with Gasteiger partial charge < -0.3 is 18.9 Å². The number of fused-ring (bicyclic) bond motifs is 1. The Kier molecular flexibility index (Phi) is 4.05. The lowest BCUT2D eigenvalue weighted by Gasteiger charge is -2.30. The molecule has 4 atom stereocenters. The van der Waals surface area contributed by atoms with Gasteiger partial charge in [0.25, 0.3) is 5.97 Å². The van der Waals surface area contributed by atoms with Crippen LogP contribution < -0.4 is 0 Å². The average molecular weight is 280 g/mol. The molecule has 0 saturated carbocycles. The van der Waals surface area contributed by atoms with E-state index in [1.807, 2.05) is 30.3 Å². The molecule has 0 N–H and O–H groups in total. The van der Waals surface area contributed by atoms with Crippen molar-refractivity contribution in [3.05, 3.63) is 35.9 Å². The summed E-state index contributed by atoms with van der Waals surface area (Å²) >= 11 is 0. The van der Waals surface area contributed by atoms with Crippen LogP contribution in [0.5, 0.6) is 0 Å². The zero-order valence-electron chi connectivity index (χ0n) is 11.8. The van der Waals surface area contributed by atoms with E-state index in [2.05, 4.69) is 0 Å². The van der Waals surface area contributed by atoms with Crippen molar-refractivity contribution in [3.8, 4) is 0 Å². The van der Waals surface area contributed by atoms with E-state index in [0.29, 0.717) is 13.2 Å². The van der Waals surface area contributed by atoms with Gasteiger partial charge in [-0.15, -0.1) is 0 Å². The predicted octanol–water partition coefficient (Wildman–Crippen LogP) is 2.05. The van der Waals surface area contributed by atoms with E-state index >= 15 is 0 Å². The molecule has 1 aromatic carbocycles. The van der Waals surface area contributed by atoms with Gasteiger partial charge in [-0.25, -0.2) is 0 Å². The minimum absolute atomic E-state index is 0.0501. The van der Waals surface area contributed by atoms with Gasteiger partial charge in [0, 0.05) is 14.0 Å². The van der Waals surface area contributed by atoms with Gasteiger partial charge in [0.2, 0.25) is 0 Å². The van der Waals surface area contributed by atoms with E-state index in [1.165, 1.54) is 0 Å². The first-order valence-electron chi connectivity index (χ1n) is 6.88. The number of ether oxygens (including phenoxy) is 5. The van der Waals surface area contributed by atoms with Crippen LogP contribution in [-0.4, -0.2) is 38.2 Å². The maximum Gasteiger partial charge on any atom is 0.282 e. The van der Waals surface area contributed by atoms with Gasteiger partial charge in [0.15, 0.2) is 6.29 Å². The summed E-state index contributed by atoms with van der Waals surface area (Å²) in [5.41, 5.74) is 1.14. The van der Waals surface area contributed by atoms with Crippen LogP contribution in [0.4, 0.5) is 0 Å². The molecular weight excluding hydrogens is 260 g/mol. The minimum atomic E-state index is -1.05. The lowest BCUT2D eigenvalue weighted by atomic mass is 10.1. The molecule has 2 aliphatic rings. The van der Waals surface area contributed by atoms with Crippen molar-refractivity contribution < 1.29 is 23.7 Å². The number of hydrogen-bond donors (Lipinski definition) is 0. The Balaban J connectivity index is 1.62. The summed E-state index contributed by atoms with van der Waals surface area (Å²) in [7, 11) is 1.55. The third kappa shape index (κ3) is 2.87. The molecule has 2 saturated heterocycles. The second-order valence-electron chi connectivity index (χ2n) is 5.13. The number of methoxy groups -OCH3 is 1. The Labute approximate surface area is 118 Å². The lowest BCUT2D eigenvalue weighted by Crippen LogP contribution is -2.43. The van der Waals surface area contributed by atoms with Crippen molar-refractivity contribution in [1.29, 1.82) is 0 Å². The summed E-state index contributed by atoms with van der Waals surface area (Å²) in [5, 5.41) is 0. The first kappa shape index (κ1) is 14.0. The van der Waals surface area contributed by atoms with E-state index in [4.69, 9.17) is 23.7 Å². The van der Waals surface area contributed by atoms with Crippen molar-refractivity contribution in [3.63, 3.8) is 0 Å². The van der Waals surface area contributed by atoms with Gasteiger partial charge in [-0.05, 0) is 12.0 Å². The third-order valence-corrected chi connectivity index (χ3v) is 3.68. The van der Waals surface area contributed by atoms with Gasteiger partial charge in [-0.3, -0.25) is 4.74 Å². The SMILES string of the molecule is COC1(C)O[C@@H]2OCC[C@H](OCc3ccccc3)[C@@H]2O1. The summed E-state index contributed by atoms with van der Waals surface area (Å²) in [6.45, 7) is 2.90. The summed E-state index contributed by atoms with van der Waals surface area (Å²) < 4.78 is 28.2. The quantitative estimate of drug-likeness (QED) is 0.844. The molecule has 2 fully saturated rings. The standard InChI is InChI=1S/C15H20O5/c1-15(16-2)19-13-12(8-9-17-14(13)20-15)18-10-11-6-4-3-5-7-11/h3-7,12-14H,8-10H2,1-2H3/t12-,13-,14-,15?/m0/s1. The molecule has 0 bridgehead atoms. The highest BCUT2D eigenvalue weighted by Crippen LogP contribution is 2.36. The smallest absolute Gasteiger partial charge is 0.282 e. The molecule has 1 unspecified atom stereocenters. The zero-order chi connectivity index (χ0) is 14.0. The normalized spacial score (nSPS) is 36.8. The largest absolute Gasteiger partial charge is 0.371 e. The summed E-state index contributed by atoms with van der Waals surface area (Å²) in [4.78, 5) is 0. The highest BCUT2D eigenvalue weighted by molar-refractivity contribution is 5.13. The van der Waals surface area contributed by atoms with Crippen molar-refractivity contribution in [2.45, 2.75) is 44.4 Å². The first-order valence-corrected chi connectivity index (χ1v) is 6.88. The fourth-order valence-electron chi connectivity index (χ4n) is 2.51. The van der Waals surface area contributed by atoms with Crippen LogP contribution in [0.2, 0.25) is 0 Å². The van der Waals surface area contributed by atoms with E-state index in [-0.39, 0.29) is 12.2 Å². The molecule has 20 heavy (non-hydrogen) atoms. The zero-order valence-corrected chi connectivity index (χ0v) is 11.8. The second kappa shape index (κ2) is 5.79. The predicted molar refractivity (Wildman–Crippen MR) is 70.7 cm³/mol. The van der Waals surface area contributed by atoms with Crippen LogP contribution in [0.3, 0.4) is 0 Å². The number of hydrogen-bond acceptors (Lipinski definition) is 5. The average Bonchev–Trinajstić information content (AvgIpc) is 2.84. The van der Waals surface area contributed by atoms with Gasteiger partial charge in [-0.2, -0.15) is 0 Å². The lowest BCUT2D eigenvalue weighted by molar-refractivity contribution is -0.331. The highest BCUT2D eigenvalue weighted by Gasteiger charge is 2.51. The van der Waals surface area contributed by atoms with E-state index in [0.717, 1.165) is 12.0 Å². The molecule has 2 heterocycles. The molecule has 0 aromatic heterocycles. The summed E-state index contributed by atoms with van der Waals surface area (Å²) in [6, 6.07) is 10.1. The van der Waals surface area contributed by atoms with Crippen molar-refractivity contribution >= 4 is 0 Å². The fourth-order valence-corrected chi connectivity index (χ4v) is 2.51. The van der Waals surface area contributed by atoms with Crippen molar-refractivity contribution in [2.75, 3.05) is 13.7 Å². The first-order chi connectivity index (χ1) is 9.70. The van der Waals surface area contributed by atoms with Crippen LogP contribution in [0.1, 0.15) is 18.9 Å². The molecule has 3 rings (SSSR count). The third-order valence-electron chi connectivity index (χ3n) is 3.68. The summed E-state index contributed by atoms with van der Waals surface area (Å²) in [5.74, 6) is -1.05. The van der Waals surface area contributed by atoms with Gasteiger partial charge in [0.05, 0.1) is 19.3 Å². The molecular formula is C15H20O5. The number of rotatable bonds is 4. The van der Waals surface area contributed by atoms with Gasteiger partial charge >= 0.3 is 0 Å². The monoisotopic (exact) mass is 280 g/mol. The minimum Gasteiger partial charge on any atom is -0.371 e. The van der Waals surface area contributed by atoms with E-state index < -0.39 is 12.3 Å². The molecule has 0 amide bonds. The van der Waals surface area contributed by atoms with Crippen LogP contribution in [0.25, 0.3) is 0 Å². The molecule has 0 radical (unpaired) electrons. The Morgan fingerprint density at radius 3 is 2.80 bits per heavy atom. The van der Waals surface area contributed by atoms with Crippen LogP contribution in [0, 0.1) is 0 Å². The topological polar surface area (TPSA) is 46.2 Å².